The summed E-state index contributed by atoms with van der Waals surface area (Å²) in [6.07, 6.45) is 5.99. The lowest BCUT2D eigenvalue weighted by Gasteiger charge is -2.18. The number of rotatable bonds is 4. The number of nitrogens with zero attached hydrogens (tertiary/aromatic N) is 1. The summed E-state index contributed by atoms with van der Waals surface area (Å²) in [5, 5.41) is 0.897. The lowest BCUT2D eigenvalue weighted by Crippen LogP contribution is -2.47. The van der Waals surface area contributed by atoms with Crippen molar-refractivity contribution in [1.82, 2.24) is 10.4 Å². The van der Waals surface area contributed by atoms with Crippen molar-refractivity contribution in [2.45, 2.75) is 56.8 Å². The van der Waals surface area contributed by atoms with Gasteiger partial charge in [0.05, 0.1) is 30.1 Å². The lowest BCUT2D eigenvalue weighted by molar-refractivity contribution is -0.145. The van der Waals surface area contributed by atoms with Gasteiger partial charge in [-0.05, 0) is 62.8 Å². The minimum absolute atomic E-state index is 0.189. The number of carbonyl (C=O) groups is 3. The van der Waals surface area contributed by atoms with Crippen LogP contribution >= 0.6 is 0 Å². The Labute approximate surface area is 157 Å². The third-order valence-corrected chi connectivity index (χ3v) is 6.22. The van der Waals surface area contributed by atoms with Crippen molar-refractivity contribution >= 4 is 17.7 Å². The Morgan fingerprint density at radius 3 is 2.15 bits per heavy atom. The van der Waals surface area contributed by atoms with Crippen LogP contribution in [0.15, 0.2) is 24.3 Å². The molecule has 5 rings (SSSR count). The van der Waals surface area contributed by atoms with E-state index in [1.807, 2.05) is 0 Å². The van der Waals surface area contributed by atoms with Gasteiger partial charge in [-0.15, -0.1) is 0 Å². The van der Waals surface area contributed by atoms with E-state index in [0.717, 1.165) is 36.4 Å². The highest BCUT2D eigenvalue weighted by molar-refractivity contribution is 6.08. The first-order valence-electron chi connectivity index (χ1n) is 9.73. The maximum Gasteiger partial charge on any atom is 0.270 e. The van der Waals surface area contributed by atoms with E-state index in [1.165, 1.54) is 12.8 Å². The maximum absolute atomic E-state index is 12.6. The number of hydrogen-bond donors (Lipinski definition) is 1. The summed E-state index contributed by atoms with van der Waals surface area (Å²) in [6, 6.07) is 6.81. The molecule has 1 aromatic rings. The average Bonchev–Trinajstić information content (AvgIpc) is 3.45. The molecule has 3 aliphatic heterocycles. The summed E-state index contributed by atoms with van der Waals surface area (Å²) >= 11 is 0. The van der Waals surface area contributed by atoms with Crippen LogP contribution in [0.3, 0.4) is 0 Å². The van der Waals surface area contributed by atoms with Gasteiger partial charge in [-0.25, -0.2) is 0 Å². The first kappa shape index (κ1) is 16.7. The van der Waals surface area contributed by atoms with E-state index >= 15 is 0 Å². The highest BCUT2D eigenvalue weighted by Gasteiger charge is 2.62. The minimum atomic E-state index is -0.475. The molecule has 4 aliphatic rings. The zero-order valence-corrected chi connectivity index (χ0v) is 14.9. The summed E-state index contributed by atoms with van der Waals surface area (Å²) in [7, 11) is 0. The Bertz CT molecular complexity index is 758. The molecule has 4 atom stereocenters. The fraction of sp³-hybridized carbons (Fsp3) is 0.550. The maximum atomic E-state index is 12.6. The predicted molar refractivity (Wildman–Crippen MR) is 93.5 cm³/mol. The van der Waals surface area contributed by atoms with E-state index < -0.39 is 17.7 Å². The molecule has 1 N–H and O–H groups in total. The van der Waals surface area contributed by atoms with Gasteiger partial charge in [-0.2, -0.15) is 5.01 Å². The number of imide groups is 1. The van der Waals surface area contributed by atoms with E-state index in [0.29, 0.717) is 5.56 Å². The second-order valence-corrected chi connectivity index (χ2v) is 7.84. The number of amides is 3. The molecular weight excluding hydrogens is 348 g/mol. The van der Waals surface area contributed by atoms with E-state index in [1.54, 1.807) is 24.3 Å². The van der Waals surface area contributed by atoms with Gasteiger partial charge in [0.15, 0.2) is 0 Å². The SMILES string of the molecule is O=C(NN1C(=O)[C@@H]2[C@@H](C1=O)[C@@H]1CC[C@@H]2O1)c1ccc(OC2CCCC2)cc1. The normalized spacial score (nSPS) is 32.2. The van der Waals surface area contributed by atoms with Crippen LogP contribution in [0.4, 0.5) is 0 Å². The Hall–Kier alpha value is -2.41. The topological polar surface area (TPSA) is 84.9 Å². The molecule has 7 nitrogen and oxygen atoms in total. The van der Waals surface area contributed by atoms with Gasteiger partial charge in [0.25, 0.3) is 17.7 Å². The summed E-state index contributed by atoms with van der Waals surface area (Å²) < 4.78 is 11.6. The standard InChI is InChI=1S/C20H22N2O5/c23-18(11-5-7-13(8-6-11)26-12-3-1-2-4-12)21-22-19(24)16-14-9-10-15(27-14)17(16)20(22)25/h5-8,12,14-17H,1-4,9-10H2,(H,21,23)/t14-,15-,16-,17-/m0/s1. The lowest BCUT2D eigenvalue weighted by atomic mass is 9.81. The second-order valence-electron chi connectivity index (χ2n) is 7.84. The molecule has 3 amide bonds. The average molecular weight is 370 g/mol. The predicted octanol–water partition coefficient (Wildman–Crippen LogP) is 1.82. The van der Waals surface area contributed by atoms with Gasteiger partial charge < -0.3 is 9.47 Å². The van der Waals surface area contributed by atoms with E-state index in [-0.39, 0.29) is 30.1 Å². The van der Waals surface area contributed by atoms with Gasteiger partial charge >= 0.3 is 0 Å². The van der Waals surface area contributed by atoms with Crippen LogP contribution in [-0.4, -0.2) is 41.0 Å². The first-order chi connectivity index (χ1) is 13.1. The van der Waals surface area contributed by atoms with Crippen LogP contribution in [0.1, 0.15) is 48.9 Å². The number of hydrogen-bond acceptors (Lipinski definition) is 5. The highest BCUT2D eigenvalue weighted by Crippen LogP contribution is 2.48. The van der Waals surface area contributed by atoms with Crippen LogP contribution in [0.2, 0.25) is 0 Å². The molecule has 3 heterocycles. The highest BCUT2D eigenvalue weighted by atomic mass is 16.5. The summed E-state index contributed by atoms with van der Waals surface area (Å²) in [6.45, 7) is 0. The quantitative estimate of drug-likeness (QED) is 0.817. The molecular formula is C20H22N2O5. The van der Waals surface area contributed by atoms with E-state index in [4.69, 9.17) is 9.47 Å². The van der Waals surface area contributed by atoms with Crippen LogP contribution < -0.4 is 10.2 Å². The van der Waals surface area contributed by atoms with Crippen molar-refractivity contribution in [2.24, 2.45) is 11.8 Å². The number of nitrogens with one attached hydrogen (secondary N) is 1. The van der Waals surface area contributed by atoms with Crippen LogP contribution in [-0.2, 0) is 14.3 Å². The number of benzene rings is 1. The molecule has 142 valence electrons. The number of carbonyl (C=O) groups excluding carboxylic acids is 3. The summed E-state index contributed by atoms with van der Waals surface area (Å²) in [5.41, 5.74) is 2.86. The molecule has 3 saturated heterocycles. The first-order valence-corrected chi connectivity index (χ1v) is 9.73. The van der Waals surface area contributed by atoms with Crippen molar-refractivity contribution in [3.63, 3.8) is 0 Å². The Kier molecular flexibility index (Phi) is 3.93. The van der Waals surface area contributed by atoms with Crippen molar-refractivity contribution in [3.8, 4) is 5.75 Å². The van der Waals surface area contributed by atoms with Crippen molar-refractivity contribution in [1.29, 1.82) is 0 Å². The fourth-order valence-corrected chi connectivity index (χ4v) is 4.87. The second kappa shape index (κ2) is 6.34. The molecule has 1 saturated carbocycles. The van der Waals surface area contributed by atoms with Crippen molar-refractivity contribution in [3.05, 3.63) is 29.8 Å². The van der Waals surface area contributed by atoms with E-state index in [9.17, 15) is 14.4 Å². The molecule has 4 fully saturated rings. The largest absolute Gasteiger partial charge is 0.490 e. The monoisotopic (exact) mass is 370 g/mol. The van der Waals surface area contributed by atoms with Crippen LogP contribution in [0.25, 0.3) is 0 Å². The van der Waals surface area contributed by atoms with Crippen molar-refractivity contribution < 1.29 is 23.9 Å². The fourth-order valence-electron chi connectivity index (χ4n) is 4.87. The van der Waals surface area contributed by atoms with Gasteiger partial charge in [0, 0.05) is 5.56 Å². The summed E-state index contributed by atoms with van der Waals surface area (Å²) in [4.78, 5) is 37.7. The van der Waals surface area contributed by atoms with Gasteiger partial charge in [0.1, 0.15) is 5.75 Å². The van der Waals surface area contributed by atoms with Gasteiger partial charge in [-0.1, -0.05) is 0 Å². The molecule has 7 heteroatoms. The Balaban J connectivity index is 1.25. The third-order valence-electron chi connectivity index (χ3n) is 6.22. The zero-order chi connectivity index (χ0) is 18.5. The smallest absolute Gasteiger partial charge is 0.270 e. The number of fused-ring (bicyclic) bond motifs is 5. The molecule has 27 heavy (non-hydrogen) atoms. The van der Waals surface area contributed by atoms with Crippen LogP contribution in [0, 0.1) is 11.8 Å². The van der Waals surface area contributed by atoms with Crippen molar-refractivity contribution in [2.75, 3.05) is 0 Å². The Morgan fingerprint density at radius 1 is 0.963 bits per heavy atom. The molecule has 2 bridgehead atoms. The zero-order valence-electron chi connectivity index (χ0n) is 14.9. The van der Waals surface area contributed by atoms with Gasteiger partial charge in [0.2, 0.25) is 0 Å². The number of hydrazine groups is 1. The van der Waals surface area contributed by atoms with Crippen LogP contribution in [0.5, 0.6) is 5.75 Å². The molecule has 1 aromatic carbocycles. The summed E-state index contributed by atoms with van der Waals surface area (Å²) in [5.74, 6) is -1.34. The molecule has 0 spiro atoms. The molecule has 1 aliphatic carbocycles. The Morgan fingerprint density at radius 2 is 1.56 bits per heavy atom. The van der Waals surface area contributed by atoms with E-state index in [2.05, 4.69) is 5.43 Å². The molecule has 0 aromatic heterocycles. The molecule has 0 radical (unpaired) electrons. The minimum Gasteiger partial charge on any atom is -0.490 e. The van der Waals surface area contributed by atoms with Gasteiger partial charge in [-0.3, -0.25) is 19.8 Å². The third kappa shape index (κ3) is 2.72. The number of ether oxygens (including phenoxy) is 2. The molecule has 0 unspecified atom stereocenters.